The summed E-state index contributed by atoms with van der Waals surface area (Å²) in [5.41, 5.74) is 2.82. The number of ether oxygens (including phenoxy) is 1. The molecule has 7 N–H and O–H groups in total. The molecule has 0 heterocycles. The van der Waals surface area contributed by atoms with Gasteiger partial charge in [0.15, 0.2) is 0 Å². The summed E-state index contributed by atoms with van der Waals surface area (Å²) < 4.78 is 40.9. The first kappa shape index (κ1) is 49.4. The third-order valence-corrected chi connectivity index (χ3v) is 14.3. The Kier molecular flexibility index (Phi) is 20.7. The maximum Gasteiger partial charge on any atom is 1.00 e. The van der Waals surface area contributed by atoms with Gasteiger partial charge in [0.25, 0.3) is 5.08 Å². The zero-order chi connectivity index (χ0) is 33.3. The number of benzene rings is 1. The fourth-order valence-corrected chi connectivity index (χ4v) is 10.5. The molecule has 3 aliphatic rings. The first-order valence-electron chi connectivity index (χ1n) is 14.0. The van der Waals surface area contributed by atoms with Crippen molar-refractivity contribution in [1.29, 1.82) is 0 Å². The van der Waals surface area contributed by atoms with Gasteiger partial charge in [-0.25, -0.2) is 9.36 Å². The smallest absolute Gasteiger partial charge is 1.00 e. The third kappa shape index (κ3) is 12.0. The zero-order valence-electron chi connectivity index (χ0n) is 30.2. The Morgan fingerprint density at radius 2 is 1.53 bits per heavy atom. The van der Waals surface area contributed by atoms with Gasteiger partial charge in [0, 0.05) is 24.8 Å². The van der Waals surface area contributed by atoms with Crippen molar-refractivity contribution < 1.29 is 155 Å². The molecule has 3 aliphatic carbocycles. The van der Waals surface area contributed by atoms with Gasteiger partial charge in [0.05, 0.1) is 6.10 Å². The molecular formula is C25H43Cl2NNa3O13P3. The van der Waals surface area contributed by atoms with Crippen LogP contribution in [0.4, 0.5) is 4.79 Å². The van der Waals surface area contributed by atoms with Crippen LogP contribution in [0.5, 0.6) is 5.75 Å². The normalized spacial score (nSPS) is 25.2. The van der Waals surface area contributed by atoms with E-state index in [1.54, 1.807) is 4.90 Å². The number of hydrogen-bond donors (Lipinski definition) is 7. The second-order valence-electron chi connectivity index (χ2n) is 11.8. The number of carbonyl (C=O) groups excluding carboxylic acids is 1. The number of fused-ring (bicyclic) bond motifs is 5. The van der Waals surface area contributed by atoms with Gasteiger partial charge in [0.2, 0.25) is 0 Å². The molecular weight excluding hydrogens is 755 g/mol. The number of alkyl halides is 2. The summed E-state index contributed by atoms with van der Waals surface area (Å²) in [6.45, 7) is 3.37. The summed E-state index contributed by atoms with van der Waals surface area (Å²) >= 11 is 11.6. The fourth-order valence-electron chi connectivity index (χ4n) is 6.76. The quantitative estimate of drug-likeness (QED) is 0.0713. The Morgan fingerprint density at radius 3 is 2.00 bits per heavy atom. The number of hydrogen-bond acceptors (Lipinski definition) is 7. The van der Waals surface area contributed by atoms with Crippen LogP contribution in [0.1, 0.15) is 67.3 Å². The minimum absolute atomic E-state index is 0. The van der Waals surface area contributed by atoms with Crippen LogP contribution in [0.15, 0.2) is 18.2 Å². The SMILES string of the molecule is CC(OP(=O)(O)O)(P(=O)(O)O)P(=O)(O)O.C[C@]12CC[C@@H]3c4ccc(OC(=O)N(CCCl)CCCl)cc4CC[C@H]3[C@@H]1CC[C@@H]2O.[H-].[H-].[H-].[Na+].[Na+].[Na+]. The van der Waals surface area contributed by atoms with Gasteiger partial charge in [-0.05, 0) is 91.9 Å². The van der Waals surface area contributed by atoms with E-state index in [1.165, 1.54) is 11.1 Å². The molecule has 0 unspecified atom stereocenters. The van der Waals surface area contributed by atoms with E-state index in [1.807, 2.05) is 12.1 Å². The average Bonchev–Trinajstić information content (AvgIpc) is 3.20. The minimum atomic E-state index is -5.58. The van der Waals surface area contributed by atoms with Crippen molar-refractivity contribution in [2.24, 2.45) is 17.3 Å². The van der Waals surface area contributed by atoms with Crippen LogP contribution in [-0.4, -0.2) is 81.5 Å². The number of halogens is 2. The number of aliphatic hydroxyl groups excluding tert-OH is 1. The fraction of sp³-hybridized carbons (Fsp3) is 0.720. The van der Waals surface area contributed by atoms with Gasteiger partial charge < -0.3 is 48.4 Å². The number of rotatable bonds is 9. The number of amides is 1. The molecule has 0 spiro atoms. The van der Waals surface area contributed by atoms with Gasteiger partial charge in [-0.2, -0.15) is 0 Å². The molecule has 0 radical (unpaired) electrons. The van der Waals surface area contributed by atoms with Crippen LogP contribution in [0.2, 0.25) is 0 Å². The van der Waals surface area contributed by atoms with E-state index in [9.17, 15) is 23.6 Å². The third-order valence-electron chi connectivity index (χ3n) is 9.19. The summed E-state index contributed by atoms with van der Waals surface area (Å²) in [4.78, 5) is 64.9. The Labute approximate surface area is 355 Å². The molecule has 0 aromatic heterocycles. The topological polar surface area (TPSA) is 232 Å². The summed E-state index contributed by atoms with van der Waals surface area (Å²) in [7, 11) is -16.6. The van der Waals surface area contributed by atoms with Crippen LogP contribution < -0.4 is 93.4 Å². The van der Waals surface area contributed by atoms with Crippen molar-refractivity contribution in [3.05, 3.63) is 29.3 Å². The van der Waals surface area contributed by atoms with Crippen molar-refractivity contribution in [3.8, 4) is 5.75 Å². The molecule has 14 nitrogen and oxygen atoms in total. The predicted molar refractivity (Wildman–Crippen MR) is 165 cm³/mol. The number of nitrogens with zero attached hydrogens (tertiary/aromatic N) is 1. The molecule has 2 fully saturated rings. The van der Waals surface area contributed by atoms with E-state index < -0.39 is 34.2 Å². The van der Waals surface area contributed by atoms with E-state index in [0.717, 1.165) is 38.5 Å². The molecule has 258 valence electrons. The van der Waals surface area contributed by atoms with Gasteiger partial charge in [-0.15, -0.1) is 23.2 Å². The van der Waals surface area contributed by atoms with Crippen LogP contribution in [0.3, 0.4) is 0 Å². The number of phosphoric acid groups is 1. The van der Waals surface area contributed by atoms with E-state index >= 15 is 0 Å². The number of phosphoric ester groups is 1. The van der Waals surface area contributed by atoms with E-state index in [-0.39, 0.29) is 111 Å². The Morgan fingerprint density at radius 1 is 0.979 bits per heavy atom. The van der Waals surface area contributed by atoms with Gasteiger partial charge in [-0.3, -0.25) is 13.7 Å². The standard InChI is InChI=1S/C23H31Cl2NO3.C2H9O10P3.3Na.3H/c1-23-9-8-18-17-5-3-16(29-22(28)26(12-10-24)13-11-25)14-15(17)2-4-19(18)20(23)6-7-21(23)27;1-2(13(3,4)5,14(6,7)8)12-15(9,10)11;;;;;;/h3,5,14,18-21,27H,2,4,6-13H2,1H3;1H3,(H2,3,4,5)(H2,6,7,8)(H2,9,10,11);;;;;;/q;;3*+1;3*-1/t18-,19-,20+,21+,23+;;;;;;;/m1......./s1. The molecule has 0 aliphatic heterocycles. The predicted octanol–water partition coefficient (Wildman–Crippen LogP) is -4.34. The molecule has 1 amide bonds. The summed E-state index contributed by atoms with van der Waals surface area (Å²) in [5, 5.41) is 6.97. The van der Waals surface area contributed by atoms with Crippen molar-refractivity contribution in [1.82, 2.24) is 4.90 Å². The van der Waals surface area contributed by atoms with Crippen molar-refractivity contribution in [3.63, 3.8) is 0 Å². The first-order valence-corrected chi connectivity index (χ1v) is 19.8. The molecule has 0 saturated heterocycles. The Bertz CT molecular complexity index is 1340. The van der Waals surface area contributed by atoms with Crippen LogP contribution in [0, 0.1) is 17.3 Å². The van der Waals surface area contributed by atoms with E-state index in [4.69, 9.17) is 57.3 Å². The minimum Gasteiger partial charge on any atom is -1.00 e. The van der Waals surface area contributed by atoms with E-state index in [0.29, 0.717) is 48.4 Å². The largest absolute Gasteiger partial charge is 1.00 e. The monoisotopic (exact) mass is 797 g/mol. The Hall–Kier alpha value is 2.44. The first-order chi connectivity index (χ1) is 20.2. The second kappa shape index (κ2) is 19.7. The summed E-state index contributed by atoms with van der Waals surface area (Å²) in [5.74, 6) is 3.16. The van der Waals surface area contributed by atoms with Gasteiger partial charge >= 0.3 is 118 Å². The van der Waals surface area contributed by atoms with Crippen LogP contribution in [0.25, 0.3) is 0 Å². The Balaban J connectivity index is -0.000000442. The maximum atomic E-state index is 12.4. The molecule has 47 heavy (non-hydrogen) atoms. The van der Waals surface area contributed by atoms with Crippen LogP contribution in [-0.2, 0) is 24.6 Å². The van der Waals surface area contributed by atoms with Crippen molar-refractivity contribution in [2.75, 3.05) is 24.8 Å². The molecule has 1 aromatic carbocycles. The average molecular weight is 798 g/mol. The molecule has 22 heteroatoms. The second-order valence-corrected chi connectivity index (χ2v) is 17.9. The van der Waals surface area contributed by atoms with Gasteiger partial charge in [-0.1, -0.05) is 13.0 Å². The number of aryl methyl sites for hydroxylation is 1. The molecule has 0 bridgehead atoms. The summed E-state index contributed by atoms with van der Waals surface area (Å²) in [6.07, 6.45) is 5.98. The van der Waals surface area contributed by atoms with Crippen molar-refractivity contribution in [2.45, 2.75) is 69.5 Å². The maximum absolute atomic E-state index is 12.4. The van der Waals surface area contributed by atoms with Crippen molar-refractivity contribution >= 4 is 52.3 Å². The molecule has 4 rings (SSSR count). The zero-order valence-corrected chi connectivity index (χ0v) is 37.4. The molecule has 1 aromatic rings. The summed E-state index contributed by atoms with van der Waals surface area (Å²) in [6, 6.07) is 6.13. The van der Waals surface area contributed by atoms with E-state index in [2.05, 4.69) is 17.5 Å². The number of aliphatic hydroxyl groups is 1. The van der Waals surface area contributed by atoms with Crippen LogP contribution >= 0.6 is 46.2 Å². The molecule has 5 atom stereocenters. The number of carbonyl (C=O) groups is 1. The van der Waals surface area contributed by atoms with Gasteiger partial charge in [0.1, 0.15) is 5.75 Å². The molecule has 2 saturated carbocycles.